The van der Waals surface area contributed by atoms with Gasteiger partial charge in [-0.05, 0) is 42.3 Å². The van der Waals surface area contributed by atoms with Crippen LogP contribution in [-0.4, -0.2) is 63.9 Å². The fourth-order valence-corrected chi connectivity index (χ4v) is 7.34. The minimum absolute atomic E-state index is 0.0954. The first kappa shape index (κ1) is 27.3. The summed E-state index contributed by atoms with van der Waals surface area (Å²) >= 11 is 12.5. The molecule has 1 N–H and O–H groups in total. The summed E-state index contributed by atoms with van der Waals surface area (Å²) in [6.45, 7) is 1.63. The van der Waals surface area contributed by atoms with Crippen molar-refractivity contribution in [2.75, 3.05) is 24.5 Å². The number of rotatable bonds is 6. The van der Waals surface area contributed by atoms with Gasteiger partial charge in [0.2, 0.25) is 11.9 Å². The summed E-state index contributed by atoms with van der Waals surface area (Å²) < 4.78 is 30.2. The molecule has 4 heterocycles. The van der Waals surface area contributed by atoms with Crippen LogP contribution in [0.3, 0.4) is 0 Å². The SMILES string of the molecule is CC1(Cc2ccc(-c3ccnnc3)cc2)C(=O)N(c2cc(Cl)cc(Cl)c2)c2ncc(S(=O)(=O)N3CCNC(=O)C3)n21. The van der Waals surface area contributed by atoms with Gasteiger partial charge in [-0.25, -0.2) is 18.3 Å². The number of fused-ring (bicyclic) bond motifs is 1. The Morgan fingerprint density at radius 3 is 2.37 bits per heavy atom. The number of hydrogen-bond donors (Lipinski definition) is 1. The van der Waals surface area contributed by atoms with Gasteiger partial charge in [-0.1, -0.05) is 47.5 Å². The molecule has 1 unspecified atom stereocenters. The summed E-state index contributed by atoms with van der Waals surface area (Å²) in [7, 11) is -4.20. The van der Waals surface area contributed by atoms with Gasteiger partial charge in [0.25, 0.3) is 15.9 Å². The average Bonchev–Trinajstić information content (AvgIpc) is 3.47. The molecule has 2 aliphatic heterocycles. The molecule has 0 spiro atoms. The monoisotopic (exact) mass is 611 g/mol. The Labute approximate surface area is 245 Å². The Hall–Kier alpha value is -3.84. The molecule has 1 saturated heterocycles. The molecule has 210 valence electrons. The molecular formula is C27H23Cl2N7O4S. The van der Waals surface area contributed by atoms with Crippen molar-refractivity contribution < 1.29 is 18.0 Å². The highest BCUT2D eigenvalue weighted by Gasteiger charge is 2.52. The van der Waals surface area contributed by atoms with Crippen molar-refractivity contribution in [2.45, 2.75) is 23.9 Å². The first-order chi connectivity index (χ1) is 19.6. The van der Waals surface area contributed by atoms with Crippen LogP contribution in [0.1, 0.15) is 12.5 Å². The van der Waals surface area contributed by atoms with E-state index in [0.29, 0.717) is 15.7 Å². The van der Waals surface area contributed by atoms with Gasteiger partial charge in [0.15, 0.2) is 5.03 Å². The van der Waals surface area contributed by atoms with Crippen LogP contribution in [0.5, 0.6) is 0 Å². The molecular weight excluding hydrogens is 589 g/mol. The van der Waals surface area contributed by atoms with E-state index in [-0.39, 0.29) is 37.0 Å². The van der Waals surface area contributed by atoms with Crippen molar-refractivity contribution in [3.05, 3.63) is 82.7 Å². The molecule has 4 aromatic rings. The zero-order valence-electron chi connectivity index (χ0n) is 21.7. The van der Waals surface area contributed by atoms with Crippen molar-refractivity contribution in [1.29, 1.82) is 0 Å². The van der Waals surface area contributed by atoms with Crippen LogP contribution in [0.4, 0.5) is 11.6 Å². The number of hydrogen-bond acceptors (Lipinski definition) is 7. The van der Waals surface area contributed by atoms with Crippen LogP contribution in [0.2, 0.25) is 10.0 Å². The highest BCUT2D eigenvalue weighted by molar-refractivity contribution is 7.89. The standard InChI is InChI=1S/C27H23Cl2N7O4S/c1-27(13-17-2-4-18(5-3-17)19-6-7-32-33-14-19)25(38)35(22-11-20(28)10-21(29)12-22)26-31-15-24(36(26)27)41(39,40)34-9-8-30-23(37)16-34/h2-7,10-12,14-15H,8-9,13,16H2,1H3,(H,30,37). The second-order valence-corrected chi connectivity index (χ2v) is 12.7. The number of sulfonamides is 1. The molecule has 1 atom stereocenters. The number of halogens is 2. The van der Waals surface area contributed by atoms with Gasteiger partial charge >= 0.3 is 0 Å². The molecule has 0 radical (unpaired) electrons. The van der Waals surface area contributed by atoms with Crippen LogP contribution >= 0.6 is 23.2 Å². The Morgan fingerprint density at radius 2 is 1.71 bits per heavy atom. The van der Waals surface area contributed by atoms with Crippen molar-refractivity contribution in [1.82, 2.24) is 29.4 Å². The number of carbonyl (C=O) groups is 2. The maximum Gasteiger partial charge on any atom is 0.260 e. The van der Waals surface area contributed by atoms with E-state index in [1.54, 1.807) is 31.5 Å². The summed E-state index contributed by atoms with van der Waals surface area (Å²) in [5, 5.41) is 10.8. The normalized spacial score (nSPS) is 19.3. The second-order valence-electron chi connectivity index (χ2n) is 9.97. The predicted molar refractivity (Wildman–Crippen MR) is 152 cm³/mol. The molecule has 2 aromatic heterocycles. The minimum Gasteiger partial charge on any atom is -0.354 e. The van der Waals surface area contributed by atoms with Gasteiger partial charge in [0, 0.05) is 35.1 Å². The predicted octanol–water partition coefficient (Wildman–Crippen LogP) is 3.40. The van der Waals surface area contributed by atoms with Crippen LogP contribution < -0.4 is 10.2 Å². The second kappa shape index (κ2) is 10.2. The fourth-order valence-electron chi connectivity index (χ4n) is 5.24. The van der Waals surface area contributed by atoms with Gasteiger partial charge in [-0.2, -0.15) is 14.5 Å². The van der Waals surface area contributed by atoms with E-state index in [9.17, 15) is 18.0 Å². The smallest absolute Gasteiger partial charge is 0.260 e. The van der Waals surface area contributed by atoms with Gasteiger partial charge in [-0.3, -0.25) is 14.2 Å². The first-order valence-electron chi connectivity index (χ1n) is 12.6. The molecule has 0 aliphatic carbocycles. The molecule has 2 amide bonds. The number of anilines is 2. The van der Waals surface area contributed by atoms with E-state index in [1.807, 2.05) is 30.3 Å². The Balaban J connectivity index is 1.46. The van der Waals surface area contributed by atoms with Crippen molar-refractivity contribution >= 4 is 56.7 Å². The van der Waals surface area contributed by atoms with Crippen molar-refractivity contribution in [2.24, 2.45) is 0 Å². The van der Waals surface area contributed by atoms with Crippen LogP contribution in [0.15, 0.2) is 72.1 Å². The zero-order valence-corrected chi connectivity index (χ0v) is 24.0. The van der Waals surface area contributed by atoms with Gasteiger partial charge in [-0.15, -0.1) is 0 Å². The summed E-state index contributed by atoms with van der Waals surface area (Å²) in [4.78, 5) is 32.0. The lowest BCUT2D eigenvalue weighted by atomic mass is 9.91. The Kier molecular flexibility index (Phi) is 6.81. The van der Waals surface area contributed by atoms with E-state index in [0.717, 1.165) is 21.0 Å². The maximum atomic E-state index is 14.3. The number of amides is 2. The van der Waals surface area contributed by atoms with Gasteiger partial charge in [0.1, 0.15) is 5.54 Å². The number of nitrogens with zero attached hydrogens (tertiary/aromatic N) is 6. The zero-order chi connectivity index (χ0) is 28.9. The molecule has 14 heteroatoms. The van der Waals surface area contributed by atoms with Crippen LogP contribution in [0, 0.1) is 0 Å². The molecule has 0 bridgehead atoms. The minimum atomic E-state index is -4.20. The lowest BCUT2D eigenvalue weighted by Crippen LogP contribution is -2.50. The Morgan fingerprint density at radius 1 is 0.976 bits per heavy atom. The molecule has 0 saturated carbocycles. The molecule has 2 aromatic carbocycles. The molecule has 2 aliphatic rings. The summed E-state index contributed by atoms with van der Waals surface area (Å²) in [5.41, 5.74) is 1.54. The third-order valence-electron chi connectivity index (χ3n) is 7.20. The number of aromatic nitrogens is 4. The Bertz CT molecular complexity index is 1760. The maximum absolute atomic E-state index is 14.3. The topological polar surface area (TPSA) is 130 Å². The van der Waals surface area contributed by atoms with E-state index in [2.05, 4.69) is 20.5 Å². The highest BCUT2D eigenvalue weighted by atomic mass is 35.5. The molecule has 41 heavy (non-hydrogen) atoms. The van der Waals surface area contributed by atoms with E-state index < -0.39 is 27.4 Å². The first-order valence-corrected chi connectivity index (χ1v) is 14.8. The van der Waals surface area contributed by atoms with Crippen molar-refractivity contribution in [3.63, 3.8) is 0 Å². The number of nitrogens with one attached hydrogen (secondary N) is 1. The lowest BCUT2D eigenvalue weighted by molar-refractivity contribution is -0.124. The number of benzene rings is 2. The largest absolute Gasteiger partial charge is 0.354 e. The third kappa shape index (κ3) is 4.76. The molecule has 1 fully saturated rings. The van der Waals surface area contributed by atoms with Crippen LogP contribution in [-0.2, 0) is 31.6 Å². The van der Waals surface area contributed by atoms with Gasteiger partial charge < -0.3 is 5.32 Å². The number of piperazine rings is 1. The molecule has 11 nitrogen and oxygen atoms in total. The third-order valence-corrected chi connectivity index (χ3v) is 9.45. The highest BCUT2D eigenvalue weighted by Crippen LogP contribution is 2.45. The number of carbonyl (C=O) groups excluding carboxylic acids is 2. The lowest BCUT2D eigenvalue weighted by Gasteiger charge is -2.29. The quantitative estimate of drug-likeness (QED) is 0.353. The summed E-state index contributed by atoms with van der Waals surface area (Å²) in [5.74, 6) is -0.705. The summed E-state index contributed by atoms with van der Waals surface area (Å²) in [6.07, 6.45) is 4.63. The van der Waals surface area contributed by atoms with E-state index in [4.69, 9.17) is 23.2 Å². The van der Waals surface area contributed by atoms with E-state index in [1.165, 1.54) is 21.7 Å². The molecule has 6 rings (SSSR count). The van der Waals surface area contributed by atoms with Crippen molar-refractivity contribution in [3.8, 4) is 11.1 Å². The number of imidazole rings is 1. The van der Waals surface area contributed by atoms with Crippen LogP contribution in [0.25, 0.3) is 11.1 Å². The fraction of sp³-hybridized carbons (Fsp3) is 0.222. The van der Waals surface area contributed by atoms with Gasteiger partial charge in [0.05, 0.1) is 30.8 Å². The average molecular weight is 612 g/mol. The van der Waals surface area contributed by atoms with E-state index >= 15 is 0 Å². The summed E-state index contributed by atoms with van der Waals surface area (Å²) in [6, 6.07) is 14.1.